The Kier molecular flexibility index (Phi) is 4.97. The molecular formula is C21H18N4O3. The summed E-state index contributed by atoms with van der Waals surface area (Å²) in [5.74, 6) is 0.282. The molecule has 0 aliphatic heterocycles. The molecule has 0 saturated carbocycles. The average molecular weight is 374 g/mol. The summed E-state index contributed by atoms with van der Waals surface area (Å²) in [4.78, 5) is 20.9. The zero-order chi connectivity index (χ0) is 19.3. The number of hydrogen-bond acceptors (Lipinski definition) is 6. The number of fused-ring (bicyclic) bond motifs is 1. The smallest absolute Gasteiger partial charge is 0.344 e. The highest BCUT2D eigenvalue weighted by Gasteiger charge is 2.19. The summed E-state index contributed by atoms with van der Waals surface area (Å²) in [6, 6.07) is 14.9. The molecule has 0 aliphatic rings. The van der Waals surface area contributed by atoms with Crippen LogP contribution in [0.3, 0.4) is 0 Å². The maximum atomic E-state index is 12.5. The number of rotatable bonds is 6. The van der Waals surface area contributed by atoms with E-state index in [9.17, 15) is 4.79 Å². The van der Waals surface area contributed by atoms with Crippen LogP contribution in [0.5, 0.6) is 5.75 Å². The molecule has 7 heteroatoms. The first-order valence-electron chi connectivity index (χ1n) is 8.79. The van der Waals surface area contributed by atoms with E-state index in [2.05, 4.69) is 15.1 Å². The predicted octanol–water partition coefficient (Wildman–Crippen LogP) is 3.37. The SMILES string of the molecule is Cc1nn2cccnc2c1C(=O)OCc1ccc(OCc2ccccn2)cc1. The molecule has 0 unspecified atom stereocenters. The van der Waals surface area contributed by atoms with Crippen LogP contribution in [-0.4, -0.2) is 25.6 Å². The van der Waals surface area contributed by atoms with Crippen LogP contribution in [0.25, 0.3) is 5.65 Å². The molecule has 140 valence electrons. The molecule has 1 aromatic carbocycles. The van der Waals surface area contributed by atoms with Crippen LogP contribution in [-0.2, 0) is 18.0 Å². The second kappa shape index (κ2) is 7.87. The minimum absolute atomic E-state index is 0.156. The van der Waals surface area contributed by atoms with Crippen molar-refractivity contribution in [1.29, 1.82) is 0 Å². The van der Waals surface area contributed by atoms with Crippen molar-refractivity contribution in [2.24, 2.45) is 0 Å². The lowest BCUT2D eigenvalue weighted by Gasteiger charge is -2.08. The van der Waals surface area contributed by atoms with Gasteiger partial charge in [0.25, 0.3) is 0 Å². The normalized spacial score (nSPS) is 10.8. The molecule has 4 rings (SSSR count). The number of aryl methyl sites for hydroxylation is 1. The highest BCUT2D eigenvalue weighted by Crippen LogP contribution is 2.17. The van der Waals surface area contributed by atoms with Crippen molar-refractivity contribution in [2.45, 2.75) is 20.1 Å². The molecule has 0 atom stereocenters. The third-order valence-electron chi connectivity index (χ3n) is 4.18. The van der Waals surface area contributed by atoms with E-state index >= 15 is 0 Å². The number of hydrogen-bond donors (Lipinski definition) is 0. The van der Waals surface area contributed by atoms with Crippen molar-refractivity contribution < 1.29 is 14.3 Å². The fraction of sp³-hybridized carbons (Fsp3) is 0.143. The van der Waals surface area contributed by atoms with Crippen LogP contribution < -0.4 is 4.74 Å². The van der Waals surface area contributed by atoms with Crippen LogP contribution in [0.1, 0.15) is 27.3 Å². The lowest BCUT2D eigenvalue weighted by Crippen LogP contribution is -2.07. The second-order valence-electron chi connectivity index (χ2n) is 6.18. The quantitative estimate of drug-likeness (QED) is 0.482. The van der Waals surface area contributed by atoms with E-state index in [0.717, 1.165) is 17.0 Å². The molecule has 28 heavy (non-hydrogen) atoms. The Morgan fingerprint density at radius 3 is 2.61 bits per heavy atom. The Labute approximate surface area is 161 Å². The van der Waals surface area contributed by atoms with Crippen molar-refractivity contribution in [3.05, 3.63) is 89.6 Å². The Bertz CT molecular complexity index is 1090. The Morgan fingerprint density at radius 2 is 1.82 bits per heavy atom. The van der Waals surface area contributed by atoms with Gasteiger partial charge in [-0.3, -0.25) is 4.98 Å². The summed E-state index contributed by atoms with van der Waals surface area (Å²) in [5, 5.41) is 4.28. The molecule has 0 radical (unpaired) electrons. The van der Waals surface area contributed by atoms with Gasteiger partial charge >= 0.3 is 5.97 Å². The predicted molar refractivity (Wildman–Crippen MR) is 102 cm³/mol. The van der Waals surface area contributed by atoms with Gasteiger partial charge in [0.15, 0.2) is 5.65 Å². The van der Waals surface area contributed by atoms with Crippen LogP contribution in [0, 0.1) is 6.92 Å². The summed E-state index contributed by atoms with van der Waals surface area (Å²) < 4.78 is 12.7. The Balaban J connectivity index is 1.37. The number of pyridine rings is 1. The molecule has 7 nitrogen and oxygen atoms in total. The van der Waals surface area contributed by atoms with Gasteiger partial charge in [0, 0.05) is 18.6 Å². The third kappa shape index (κ3) is 3.83. The molecular weight excluding hydrogens is 356 g/mol. The molecule has 0 N–H and O–H groups in total. The lowest BCUT2D eigenvalue weighted by atomic mass is 10.2. The van der Waals surface area contributed by atoms with Crippen molar-refractivity contribution in [2.75, 3.05) is 0 Å². The van der Waals surface area contributed by atoms with E-state index in [1.54, 1.807) is 36.1 Å². The molecule has 3 aromatic heterocycles. The summed E-state index contributed by atoms with van der Waals surface area (Å²) >= 11 is 0. The number of carbonyl (C=O) groups is 1. The summed E-state index contributed by atoms with van der Waals surface area (Å²) in [5.41, 5.74) is 3.18. The number of carbonyl (C=O) groups excluding carboxylic acids is 1. The molecule has 0 bridgehead atoms. The van der Waals surface area contributed by atoms with Gasteiger partial charge in [0.05, 0.1) is 11.4 Å². The van der Waals surface area contributed by atoms with Gasteiger partial charge in [-0.05, 0) is 42.8 Å². The van der Waals surface area contributed by atoms with E-state index < -0.39 is 5.97 Å². The minimum atomic E-state index is -0.443. The third-order valence-corrected chi connectivity index (χ3v) is 4.18. The van der Waals surface area contributed by atoms with Crippen LogP contribution in [0.2, 0.25) is 0 Å². The Morgan fingerprint density at radius 1 is 1.00 bits per heavy atom. The molecule has 0 fully saturated rings. The van der Waals surface area contributed by atoms with Crippen LogP contribution >= 0.6 is 0 Å². The second-order valence-corrected chi connectivity index (χ2v) is 6.18. The van der Waals surface area contributed by atoms with Gasteiger partial charge in [-0.15, -0.1) is 0 Å². The molecule has 0 aliphatic carbocycles. The first kappa shape index (κ1) is 17.7. The lowest BCUT2D eigenvalue weighted by molar-refractivity contribution is 0.0474. The average Bonchev–Trinajstić information content (AvgIpc) is 3.08. The van der Waals surface area contributed by atoms with E-state index in [1.807, 2.05) is 42.5 Å². The topological polar surface area (TPSA) is 78.6 Å². The largest absolute Gasteiger partial charge is 0.487 e. The fourth-order valence-electron chi connectivity index (χ4n) is 2.78. The first-order chi connectivity index (χ1) is 13.7. The summed E-state index contributed by atoms with van der Waals surface area (Å²) in [6.07, 6.45) is 5.10. The monoisotopic (exact) mass is 374 g/mol. The molecule has 0 saturated heterocycles. The van der Waals surface area contributed by atoms with Gasteiger partial charge in [-0.1, -0.05) is 18.2 Å². The summed E-state index contributed by atoms with van der Waals surface area (Å²) in [6.45, 7) is 2.32. The zero-order valence-electron chi connectivity index (χ0n) is 15.3. The van der Waals surface area contributed by atoms with E-state index in [-0.39, 0.29) is 6.61 Å². The fourth-order valence-corrected chi connectivity index (χ4v) is 2.78. The highest BCUT2D eigenvalue weighted by atomic mass is 16.5. The number of ether oxygens (including phenoxy) is 2. The van der Waals surface area contributed by atoms with Crippen LogP contribution in [0.15, 0.2) is 67.1 Å². The maximum absolute atomic E-state index is 12.5. The van der Waals surface area contributed by atoms with Crippen molar-refractivity contribution in [3.8, 4) is 5.75 Å². The number of esters is 1. The molecule has 4 aromatic rings. The molecule has 0 spiro atoms. The van der Waals surface area contributed by atoms with E-state index in [0.29, 0.717) is 23.5 Å². The number of benzene rings is 1. The van der Waals surface area contributed by atoms with Gasteiger partial charge < -0.3 is 9.47 Å². The highest BCUT2D eigenvalue weighted by molar-refractivity contribution is 5.97. The van der Waals surface area contributed by atoms with Gasteiger partial charge in [-0.2, -0.15) is 5.10 Å². The standard InChI is InChI=1S/C21H18N4O3/c1-15-19(20-23-11-4-12-25(20)24-15)21(26)28-13-16-6-8-18(9-7-16)27-14-17-5-2-3-10-22-17/h2-12H,13-14H2,1H3. The number of nitrogens with zero attached hydrogens (tertiary/aromatic N) is 4. The van der Waals surface area contributed by atoms with Crippen molar-refractivity contribution in [1.82, 2.24) is 19.6 Å². The maximum Gasteiger partial charge on any atom is 0.344 e. The first-order valence-corrected chi connectivity index (χ1v) is 8.79. The molecule has 3 heterocycles. The van der Waals surface area contributed by atoms with Gasteiger partial charge in [0.1, 0.15) is 24.5 Å². The van der Waals surface area contributed by atoms with Gasteiger partial charge in [-0.25, -0.2) is 14.3 Å². The van der Waals surface area contributed by atoms with E-state index in [4.69, 9.17) is 9.47 Å². The Hall–Kier alpha value is -3.74. The van der Waals surface area contributed by atoms with Crippen molar-refractivity contribution in [3.63, 3.8) is 0 Å². The van der Waals surface area contributed by atoms with Gasteiger partial charge in [0.2, 0.25) is 0 Å². The van der Waals surface area contributed by atoms with Crippen molar-refractivity contribution >= 4 is 11.6 Å². The number of aromatic nitrogens is 4. The minimum Gasteiger partial charge on any atom is -0.487 e. The van der Waals surface area contributed by atoms with Crippen LogP contribution in [0.4, 0.5) is 0 Å². The van der Waals surface area contributed by atoms with E-state index in [1.165, 1.54) is 0 Å². The zero-order valence-corrected chi connectivity index (χ0v) is 15.3. The summed E-state index contributed by atoms with van der Waals surface area (Å²) in [7, 11) is 0. The molecule has 0 amide bonds.